The fraction of sp³-hybridized carbons (Fsp3) is 0.222. The van der Waals surface area contributed by atoms with Crippen molar-refractivity contribution in [3.8, 4) is 0 Å². The van der Waals surface area contributed by atoms with Gasteiger partial charge < -0.3 is 5.11 Å². The van der Waals surface area contributed by atoms with E-state index in [1.807, 2.05) is 12.1 Å². The van der Waals surface area contributed by atoms with Crippen LogP contribution in [-0.2, 0) is 4.79 Å². The highest BCUT2D eigenvalue weighted by atomic mass is 32.2. The number of carboxylic acids is 1. The van der Waals surface area contributed by atoms with Crippen molar-refractivity contribution in [2.24, 2.45) is 4.99 Å². The first-order valence-electron chi connectivity index (χ1n) is 4.11. The molecule has 14 heavy (non-hydrogen) atoms. The molecule has 1 aliphatic rings. The number of hydrogen-bond donors (Lipinski definition) is 1. The van der Waals surface area contributed by atoms with E-state index in [0.717, 1.165) is 10.6 Å². The van der Waals surface area contributed by atoms with Gasteiger partial charge in [0.15, 0.2) is 0 Å². The van der Waals surface area contributed by atoms with E-state index in [9.17, 15) is 4.79 Å². The monoisotopic (exact) mass is 208 g/mol. The number of rotatable bonds is 2. The molecule has 0 aliphatic carbocycles. The van der Waals surface area contributed by atoms with Crippen LogP contribution in [0.1, 0.15) is 5.56 Å². The zero-order chi connectivity index (χ0) is 9.97. The summed E-state index contributed by atoms with van der Waals surface area (Å²) < 4.78 is 0. The summed E-state index contributed by atoms with van der Waals surface area (Å²) in [7, 11) is 0. The van der Waals surface area contributed by atoms with E-state index in [4.69, 9.17) is 5.11 Å². The van der Waals surface area contributed by atoms with Crippen molar-refractivity contribution in [3.05, 3.63) is 30.1 Å². The van der Waals surface area contributed by atoms with Crippen LogP contribution in [0, 0.1) is 0 Å². The second kappa shape index (κ2) is 3.79. The number of carbonyl (C=O) groups is 1. The first kappa shape index (κ1) is 9.21. The summed E-state index contributed by atoms with van der Waals surface area (Å²) in [6.45, 7) is 0.351. The molecular weight excluding hydrogens is 200 g/mol. The van der Waals surface area contributed by atoms with Crippen LogP contribution in [-0.4, -0.2) is 32.9 Å². The first-order chi connectivity index (χ1) is 6.77. The maximum Gasteiger partial charge on any atom is 0.318 e. The Morgan fingerprint density at radius 2 is 2.50 bits per heavy atom. The highest BCUT2D eigenvalue weighted by molar-refractivity contribution is 8.15. The van der Waals surface area contributed by atoms with Crippen LogP contribution < -0.4 is 0 Å². The van der Waals surface area contributed by atoms with Gasteiger partial charge in [0, 0.05) is 18.0 Å². The minimum absolute atomic E-state index is 0.351. The van der Waals surface area contributed by atoms with Gasteiger partial charge in [-0.05, 0) is 12.1 Å². The predicted molar refractivity (Wildman–Crippen MR) is 54.7 cm³/mol. The normalized spacial score (nSPS) is 20.6. The Labute approximate surface area is 85.1 Å². The molecule has 0 radical (unpaired) electrons. The highest BCUT2D eigenvalue weighted by Crippen LogP contribution is 2.25. The van der Waals surface area contributed by atoms with Gasteiger partial charge in [0.05, 0.1) is 6.54 Å². The van der Waals surface area contributed by atoms with E-state index in [1.165, 1.54) is 11.8 Å². The number of aliphatic carboxylic acids is 1. The van der Waals surface area contributed by atoms with E-state index in [1.54, 1.807) is 12.4 Å². The zero-order valence-electron chi connectivity index (χ0n) is 7.25. The highest BCUT2D eigenvalue weighted by Gasteiger charge is 2.26. The Morgan fingerprint density at radius 3 is 3.07 bits per heavy atom. The van der Waals surface area contributed by atoms with Gasteiger partial charge in [0.25, 0.3) is 0 Å². The number of thioether (sulfide) groups is 1. The summed E-state index contributed by atoms with van der Waals surface area (Å²) in [5, 5.41) is 9.10. The lowest BCUT2D eigenvalue weighted by Crippen LogP contribution is -2.16. The molecule has 1 aromatic heterocycles. The van der Waals surface area contributed by atoms with Gasteiger partial charge in [-0.1, -0.05) is 11.8 Å². The SMILES string of the molecule is O=C(O)C1CN=C(c2cccnc2)S1. The van der Waals surface area contributed by atoms with E-state index >= 15 is 0 Å². The molecule has 2 heterocycles. The summed E-state index contributed by atoms with van der Waals surface area (Å²) in [6, 6.07) is 3.69. The van der Waals surface area contributed by atoms with E-state index in [0.29, 0.717) is 6.54 Å². The van der Waals surface area contributed by atoms with E-state index < -0.39 is 11.2 Å². The average Bonchev–Trinajstić information content (AvgIpc) is 2.68. The summed E-state index contributed by atoms with van der Waals surface area (Å²) in [6.07, 6.45) is 3.37. The van der Waals surface area contributed by atoms with E-state index in [2.05, 4.69) is 9.98 Å². The van der Waals surface area contributed by atoms with E-state index in [-0.39, 0.29) is 0 Å². The lowest BCUT2D eigenvalue weighted by atomic mass is 10.3. The van der Waals surface area contributed by atoms with Gasteiger partial charge in [-0.2, -0.15) is 0 Å². The van der Waals surface area contributed by atoms with Crippen molar-refractivity contribution in [2.75, 3.05) is 6.54 Å². The number of carboxylic acid groups (broad SMARTS) is 1. The third-order valence-corrected chi connectivity index (χ3v) is 3.06. The lowest BCUT2D eigenvalue weighted by molar-refractivity contribution is -0.136. The van der Waals surface area contributed by atoms with Crippen LogP contribution in [0.4, 0.5) is 0 Å². The molecule has 0 saturated carbocycles. The Bertz CT molecular complexity index is 378. The second-order valence-electron chi connectivity index (χ2n) is 2.83. The average molecular weight is 208 g/mol. The molecule has 1 unspecified atom stereocenters. The second-order valence-corrected chi connectivity index (χ2v) is 4.02. The minimum atomic E-state index is -0.808. The molecule has 2 rings (SSSR count). The molecule has 1 N–H and O–H groups in total. The van der Waals surface area contributed by atoms with Crippen LogP contribution in [0.5, 0.6) is 0 Å². The van der Waals surface area contributed by atoms with Gasteiger partial charge in [0.1, 0.15) is 10.3 Å². The quantitative estimate of drug-likeness (QED) is 0.788. The minimum Gasteiger partial charge on any atom is -0.480 e. The van der Waals surface area contributed by atoms with Crippen molar-refractivity contribution in [3.63, 3.8) is 0 Å². The van der Waals surface area contributed by atoms with Gasteiger partial charge >= 0.3 is 5.97 Å². The summed E-state index contributed by atoms with van der Waals surface area (Å²) in [4.78, 5) is 18.8. The molecule has 0 fully saturated rings. The molecule has 1 aliphatic heterocycles. The molecule has 1 aromatic rings. The Morgan fingerprint density at radius 1 is 1.64 bits per heavy atom. The molecule has 4 nitrogen and oxygen atoms in total. The maximum atomic E-state index is 10.7. The number of aromatic nitrogens is 1. The molecule has 1 atom stereocenters. The van der Waals surface area contributed by atoms with Crippen molar-refractivity contribution in [2.45, 2.75) is 5.25 Å². The van der Waals surface area contributed by atoms with Crippen molar-refractivity contribution in [1.29, 1.82) is 0 Å². The third-order valence-electron chi connectivity index (χ3n) is 1.84. The van der Waals surface area contributed by atoms with Crippen molar-refractivity contribution in [1.82, 2.24) is 4.98 Å². The van der Waals surface area contributed by atoms with Crippen molar-refractivity contribution >= 4 is 22.8 Å². The molecule has 0 saturated heterocycles. The molecular formula is C9H8N2O2S. The molecule has 0 aromatic carbocycles. The third kappa shape index (κ3) is 1.77. The molecule has 5 heteroatoms. The Hall–Kier alpha value is -1.36. The first-order valence-corrected chi connectivity index (χ1v) is 4.99. The Balaban J connectivity index is 2.13. The summed E-state index contributed by atoms with van der Waals surface area (Å²) >= 11 is 1.28. The largest absolute Gasteiger partial charge is 0.480 e. The molecule has 0 amide bonds. The summed E-state index contributed by atoms with van der Waals surface area (Å²) in [5.41, 5.74) is 0.890. The smallest absolute Gasteiger partial charge is 0.318 e. The van der Waals surface area contributed by atoms with Gasteiger partial charge in [0.2, 0.25) is 0 Å². The van der Waals surface area contributed by atoms with Crippen LogP contribution in [0.2, 0.25) is 0 Å². The van der Waals surface area contributed by atoms with Crippen LogP contribution in [0.15, 0.2) is 29.5 Å². The molecule has 0 bridgehead atoms. The number of nitrogens with zero attached hydrogens (tertiary/aromatic N) is 2. The molecule has 0 spiro atoms. The lowest BCUT2D eigenvalue weighted by Gasteiger charge is -2.01. The topological polar surface area (TPSA) is 62.5 Å². The number of aliphatic imine (C=N–C) groups is 1. The Kier molecular flexibility index (Phi) is 2.49. The molecule has 72 valence electrons. The predicted octanol–water partition coefficient (Wildman–Crippen LogP) is 1.03. The van der Waals surface area contributed by atoms with Gasteiger partial charge in [-0.25, -0.2) is 0 Å². The van der Waals surface area contributed by atoms with Gasteiger partial charge in [-0.3, -0.25) is 14.8 Å². The van der Waals surface area contributed by atoms with Crippen LogP contribution in [0.25, 0.3) is 0 Å². The summed E-state index contributed by atoms with van der Waals surface area (Å²) in [5.74, 6) is -0.808. The van der Waals surface area contributed by atoms with Crippen molar-refractivity contribution < 1.29 is 9.90 Å². The van der Waals surface area contributed by atoms with Crippen LogP contribution >= 0.6 is 11.8 Å². The number of hydrogen-bond acceptors (Lipinski definition) is 4. The fourth-order valence-electron chi connectivity index (χ4n) is 1.15. The maximum absolute atomic E-state index is 10.7. The standard InChI is InChI=1S/C9H8N2O2S/c12-9(13)7-5-11-8(14-7)6-2-1-3-10-4-6/h1-4,7H,5H2,(H,12,13). The zero-order valence-corrected chi connectivity index (χ0v) is 8.07. The fourth-order valence-corrected chi connectivity index (χ4v) is 2.08. The van der Waals surface area contributed by atoms with Gasteiger partial charge in [-0.15, -0.1) is 0 Å². The van der Waals surface area contributed by atoms with Crippen LogP contribution in [0.3, 0.4) is 0 Å². The number of pyridine rings is 1.